The first-order valence-electron chi connectivity index (χ1n) is 4.95. The molecule has 0 aliphatic carbocycles. The normalized spacial score (nSPS) is 11.9. The minimum Gasteiger partial charge on any atom is -0.368 e. The molecule has 0 fully saturated rings. The monoisotopic (exact) mass is 271 g/mol. The fourth-order valence-corrected chi connectivity index (χ4v) is 1.18. The van der Waals surface area contributed by atoms with Crippen LogP contribution in [0.5, 0.6) is 0 Å². The smallest absolute Gasteiger partial charge is 0.126 e. The van der Waals surface area contributed by atoms with Crippen LogP contribution >= 0.6 is 15.9 Å². The third-order valence-corrected chi connectivity index (χ3v) is 3.11. The van der Waals surface area contributed by atoms with Gasteiger partial charge in [-0.15, -0.1) is 0 Å². The van der Waals surface area contributed by atoms with Crippen molar-refractivity contribution < 1.29 is 0 Å². The summed E-state index contributed by atoms with van der Waals surface area (Å²) in [5.74, 6) is 0.910. The van der Waals surface area contributed by atoms with Gasteiger partial charge in [-0.1, -0.05) is 0 Å². The quantitative estimate of drug-likeness (QED) is 0.913. The van der Waals surface area contributed by atoms with Crippen LogP contribution in [-0.4, -0.2) is 36.1 Å². The zero-order valence-electron chi connectivity index (χ0n) is 9.71. The number of nitrogens with zero attached hydrogens (tertiary/aromatic N) is 2. The van der Waals surface area contributed by atoms with Gasteiger partial charge in [0.25, 0.3) is 0 Å². The molecule has 1 aromatic heterocycles. The van der Waals surface area contributed by atoms with E-state index >= 15 is 0 Å². The molecule has 1 N–H and O–H groups in total. The number of anilines is 1. The Labute approximate surface area is 100 Å². The van der Waals surface area contributed by atoms with Crippen molar-refractivity contribution >= 4 is 21.7 Å². The number of halogens is 1. The average Bonchev–Trinajstić information content (AvgIpc) is 2.17. The second kappa shape index (κ2) is 4.94. The van der Waals surface area contributed by atoms with Crippen molar-refractivity contribution in [1.82, 2.24) is 9.88 Å². The number of hydrogen-bond acceptors (Lipinski definition) is 3. The van der Waals surface area contributed by atoms with Gasteiger partial charge in [-0.2, -0.15) is 0 Å². The Morgan fingerprint density at radius 2 is 2.07 bits per heavy atom. The maximum atomic E-state index is 4.26. The number of hydrogen-bond donors (Lipinski definition) is 1. The van der Waals surface area contributed by atoms with Crippen molar-refractivity contribution in [2.45, 2.75) is 19.4 Å². The minimum absolute atomic E-state index is 0.120. The van der Waals surface area contributed by atoms with Crippen LogP contribution in [0.4, 0.5) is 5.82 Å². The zero-order chi connectivity index (χ0) is 11.5. The summed E-state index contributed by atoms with van der Waals surface area (Å²) in [5.41, 5.74) is 0.120. The van der Waals surface area contributed by atoms with Gasteiger partial charge in [0, 0.05) is 22.8 Å². The van der Waals surface area contributed by atoms with Gasteiger partial charge in [0.05, 0.1) is 0 Å². The number of aromatic nitrogens is 1. The molecule has 0 saturated carbocycles. The summed E-state index contributed by atoms with van der Waals surface area (Å²) in [7, 11) is 4.16. The van der Waals surface area contributed by atoms with Crippen molar-refractivity contribution in [2.75, 3.05) is 26.0 Å². The van der Waals surface area contributed by atoms with Gasteiger partial charge >= 0.3 is 0 Å². The predicted octanol–water partition coefficient (Wildman–Crippen LogP) is 2.60. The summed E-state index contributed by atoms with van der Waals surface area (Å²) >= 11 is 3.36. The Hall–Kier alpha value is -0.610. The van der Waals surface area contributed by atoms with E-state index in [-0.39, 0.29) is 5.54 Å². The lowest BCUT2D eigenvalue weighted by atomic mass is 10.0. The van der Waals surface area contributed by atoms with E-state index in [0.29, 0.717) is 0 Å². The molecule has 0 spiro atoms. The van der Waals surface area contributed by atoms with Gasteiger partial charge in [-0.25, -0.2) is 4.98 Å². The van der Waals surface area contributed by atoms with Gasteiger partial charge in [-0.05, 0) is 56.0 Å². The summed E-state index contributed by atoms with van der Waals surface area (Å²) < 4.78 is 1.000. The van der Waals surface area contributed by atoms with Crippen LogP contribution < -0.4 is 5.32 Å². The minimum atomic E-state index is 0.120. The standard InChI is InChI=1S/C11H18BrN3/c1-11(2,15(3)4)8-14-10-6-5-9(12)7-13-10/h5-7H,8H2,1-4H3,(H,13,14). The highest BCUT2D eigenvalue weighted by atomic mass is 79.9. The molecule has 0 bridgehead atoms. The third-order valence-electron chi connectivity index (χ3n) is 2.64. The van der Waals surface area contributed by atoms with Gasteiger partial charge in [0.2, 0.25) is 0 Å². The molecule has 0 amide bonds. The van der Waals surface area contributed by atoms with Crippen molar-refractivity contribution in [3.8, 4) is 0 Å². The van der Waals surface area contributed by atoms with E-state index in [4.69, 9.17) is 0 Å². The molecule has 0 radical (unpaired) electrons. The first-order chi connectivity index (χ1) is 6.92. The molecule has 0 aliphatic rings. The number of pyridine rings is 1. The van der Waals surface area contributed by atoms with E-state index in [1.807, 2.05) is 12.1 Å². The van der Waals surface area contributed by atoms with Crippen molar-refractivity contribution in [1.29, 1.82) is 0 Å². The first-order valence-corrected chi connectivity index (χ1v) is 5.74. The van der Waals surface area contributed by atoms with Crippen LogP contribution in [-0.2, 0) is 0 Å². The molecule has 0 unspecified atom stereocenters. The molecule has 3 nitrogen and oxygen atoms in total. The molecule has 15 heavy (non-hydrogen) atoms. The van der Waals surface area contributed by atoms with E-state index in [9.17, 15) is 0 Å². The molecule has 1 rings (SSSR count). The van der Waals surface area contributed by atoms with Crippen molar-refractivity contribution in [2.24, 2.45) is 0 Å². The molecule has 1 heterocycles. The van der Waals surface area contributed by atoms with Gasteiger partial charge in [-0.3, -0.25) is 0 Å². The molecular formula is C11H18BrN3. The predicted molar refractivity (Wildman–Crippen MR) is 68.2 cm³/mol. The molecule has 0 saturated heterocycles. The van der Waals surface area contributed by atoms with Crippen LogP contribution in [0.25, 0.3) is 0 Å². The summed E-state index contributed by atoms with van der Waals surface area (Å²) in [6.07, 6.45) is 1.80. The second-order valence-corrected chi connectivity index (χ2v) is 5.34. The van der Waals surface area contributed by atoms with E-state index < -0.39 is 0 Å². The van der Waals surface area contributed by atoms with Crippen LogP contribution in [0.3, 0.4) is 0 Å². The van der Waals surface area contributed by atoms with E-state index in [1.54, 1.807) is 6.20 Å². The largest absolute Gasteiger partial charge is 0.368 e. The van der Waals surface area contributed by atoms with Crippen LogP contribution in [0.15, 0.2) is 22.8 Å². The highest BCUT2D eigenvalue weighted by molar-refractivity contribution is 9.10. The lowest BCUT2D eigenvalue weighted by molar-refractivity contribution is 0.210. The number of likely N-dealkylation sites (N-methyl/N-ethyl adjacent to an activating group) is 1. The Morgan fingerprint density at radius 3 is 2.53 bits per heavy atom. The van der Waals surface area contributed by atoms with Crippen LogP contribution in [0.1, 0.15) is 13.8 Å². The number of nitrogens with one attached hydrogen (secondary N) is 1. The van der Waals surface area contributed by atoms with E-state index in [2.05, 4.69) is 59.1 Å². The van der Waals surface area contributed by atoms with E-state index in [0.717, 1.165) is 16.8 Å². The van der Waals surface area contributed by atoms with E-state index in [1.165, 1.54) is 0 Å². The molecule has 1 aromatic rings. The molecule has 0 aliphatic heterocycles. The number of rotatable bonds is 4. The van der Waals surface area contributed by atoms with Crippen LogP contribution in [0.2, 0.25) is 0 Å². The Balaban J connectivity index is 2.54. The average molecular weight is 272 g/mol. The molecule has 84 valence electrons. The summed E-state index contributed by atoms with van der Waals surface area (Å²) in [4.78, 5) is 6.46. The highest BCUT2D eigenvalue weighted by Gasteiger charge is 2.19. The first kappa shape index (κ1) is 12.5. The molecule has 0 aromatic carbocycles. The lowest BCUT2D eigenvalue weighted by Crippen LogP contribution is -2.44. The second-order valence-electron chi connectivity index (χ2n) is 4.42. The fourth-order valence-electron chi connectivity index (χ4n) is 0.945. The Kier molecular flexibility index (Phi) is 4.11. The van der Waals surface area contributed by atoms with Crippen molar-refractivity contribution in [3.63, 3.8) is 0 Å². The summed E-state index contributed by atoms with van der Waals surface area (Å²) in [5, 5.41) is 3.32. The zero-order valence-corrected chi connectivity index (χ0v) is 11.3. The molecule has 4 heteroatoms. The lowest BCUT2D eigenvalue weighted by Gasteiger charge is -2.32. The highest BCUT2D eigenvalue weighted by Crippen LogP contribution is 2.13. The summed E-state index contributed by atoms with van der Waals surface area (Å²) in [6.45, 7) is 5.26. The maximum Gasteiger partial charge on any atom is 0.126 e. The van der Waals surface area contributed by atoms with Gasteiger partial charge in [0.1, 0.15) is 5.82 Å². The Morgan fingerprint density at radius 1 is 1.40 bits per heavy atom. The fraction of sp³-hybridized carbons (Fsp3) is 0.545. The molecule has 0 atom stereocenters. The topological polar surface area (TPSA) is 28.2 Å². The maximum absolute atomic E-state index is 4.26. The Bertz CT molecular complexity index is 306. The van der Waals surface area contributed by atoms with Gasteiger partial charge in [0.15, 0.2) is 0 Å². The third kappa shape index (κ3) is 3.80. The van der Waals surface area contributed by atoms with Gasteiger partial charge < -0.3 is 10.2 Å². The van der Waals surface area contributed by atoms with Crippen molar-refractivity contribution in [3.05, 3.63) is 22.8 Å². The molecular weight excluding hydrogens is 254 g/mol. The van der Waals surface area contributed by atoms with Crippen LogP contribution in [0, 0.1) is 0 Å². The SMILES string of the molecule is CN(C)C(C)(C)CNc1ccc(Br)cn1. The summed E-state index contributed by atoms with van der Waals surface area (Å²) in [6, 6.07) is 3.95.